The molecule has 0 radical (unpaired) electrons. The number of esters is 1. The summed E-state index contributed by atoms with van der Waals surface area (Å²) >= 11 is 5.94. The van der Waals surface area contributed by atoms with E-state index in [1.807, 2.05) is 0 Å². The van der Waals surface area contributed by atoms with E-state index in [9.17, 15) is 19.2 Å². The van der Waals surface area contributed by atoms with Gasteiger partial charge in [-0.2, -0.15) is 4.73 Å². The Morgan fingerprint density at radius 1 is 1.48 bits per heavy atom. The van der Waals surface area contributed by atoms with Crippen LogP contribution in [0.1, 0.15) is 22.8 Å². The average Bonchev–Trinajstić information content (AvgIpc) is 2.50. The number of benzene rings is 1. The first-order chi connectivity index (χ1) is 10.8. The predicted molar refractivity (Wildman–Crippen MR) is 83.3 cm³/mol. The topological polar surface area (TPSA) is 80.6 Å². The van der Waals surface area contributed by atoms with E-state index in [-0.39, 0.29) is 27.6 Å². The number of nitrogens with one attached hydrogen (secondary N) is 1. The summed E-state index contributed by atoms with van der Waals surface area (Å²) in [5, 5.41) is 11.9. The van der Waals surface area contributed by atoms with Gasteiger partial charge in [-0.1, -0.05) is 11.6 Å². The second-order valence-electron chi connectivity index (χ2n) is 4.69. The Labute approximate surface area is 136 Å². The third kappa shape index (κ3) is 3.45. The Bertz CT molecular complexity index is 820. The molecule has 2 N–H and O–H groups in total. The largest absolute Gasteiger partial charge is 0.462 e. The zero-order chi connectivity index (χ0) is 17.1. The van der Waals surface area contributed by atoms with Crippen molar-refractivity contribution in [3.63, 3.8) is 0 Å². The highest BCUT2D eigenvalue weighted by atomic mass is 35.5. The van der Waals surface area contributed by atoms with Crippen LogP contribution in [0.25, 0.3) is 0 Å². The fourth-order valence-corrected chi connectivity index (χ4v) is 2.19. The van der Waals surface area contributed by atoms with Crippen LogP contribution in [0.15, 0.2) is 29.2 Å². The lowest BCUT2D eigenvalue weighted by Gasteiger charge is -2.15. The summed E-state index contributed by atoms with van der Waals surface area (Å²) in [4.78, 5) is 23.8. The van der Waals surface area contributed by atoms with Crippen LogP contribution in [0, 0.1) is 12.7 Å². The van der Waals surface area contributed by atoms with Crippen LogP contribution in [-0.4, -0.2) is 22.5 Å². The molecule has 0 bridgehead atoms. The maximum atomic E-state index is 13.2. The third-order valence-electron chi connectivity index (χ3n) is 3.08. The van der Waals surface area contributed by atoms with E-state index < -0.39 is 17.3 Å². The number of pyridine rings is 1. The van der Waals surface area contributed by atoms with Crippen molar-refractivity contribution < 1.29 is 19.1 Å². The second-order valence-corrected chi connectivity index (χ2v) is 5.06. The molecule has 0 aliphatic rings. The van der Waals surface area contributed by atoms with E-state index in [1.165, 1.54) is 18.2 Å². The van der Waals surface area contributed by atoms with Gasteiger partial charge in [0, 0.05) is 5.69 Å². The molecule has 1 heterocycles. The van der Waals surface area contributed by atoms with E-state index in [0.717, 1.165) is 6.20 Å². The lowest BCUT2D eigenvalue weighted by Crippen LogP contribution is -2.22. The molecule has 2 rings (SSSR count). The van der Waals surface area contributed by atoms with Gasteiger partial charge in [-0.3, -0.25) is 4.79 Å². The molecule has 6 nitrogen and oxygen atoms in total. The molecule has 0 aliphatic carbocycles. The van der Waals surface area contributed by atoms with Gasteiger partial charge in [-0.25, -0.2) is 9.18 Å². The summed E-state index contributed by atoms with van der Waals surface area (Å²) in [6, 6.07) is 3.95. The summed E-state index contributed by atoms with van der Waals surface area (Å²) in [5.74, 6) is -1.19. The van der Waals surface area contributed by atoms with Crippen LogP contribution in [0.4, 0.5) is 15.8 Å². The van der Waals surface area contributed by atoms with Crippen molar-refractivity contribution in [3.8, 4) is 0 Å². The molecule has 0 amide bonds. The molecule has 0 unspecified atom stereocenters. The van der Waals surface area contributed by atoms with Crippen LogP contribution in [0.3, 0.4) is 0 Å². The molecule has 1 aromatic carbocycles. The molecule has 122 valence electrons. The fraction of sp³-hybridized carbons (Fsp3) is 0.200. The molecule has 0 saturated carbocycles. The molecule has 8 heteroatoms. The number of carbonyl (C=O) groups is 1. The van der Waals surface area contributed by atoms with Gasteiger partial charge in [0.05, 0.1) is 18.5 Å². The molecule has 0 fully saturated rings. The van der Waals surface area contributed by atoms with Crippen molar-refractivity contribution in [1.29, 1.82) is 0 Å². The molecule has 0 aliphatic heterocycles. The minimum Gasteiger partial charge on any atom is -0.462 e. The van der Waals surface area contributed by atoms with E-state index >= 15 is 0 Å². The molecular weight excluding hydrogens is 327 g/mol. The van der Waals surface area contributed by atoms with Gasteiger partial charge < -0.3 is 15.3 Å². The average molecular weight is 341 g/mol. The summed E-state index contributed by atoms with van der Waals surface area (Å²) < 4.78 is 18.3. The molecular formula is C15H14ClFN2O4. The standard InChI is InChI=1S/C15H14ClFN2O4/c1-3-23-15(21)10-7-19(22)14(20)12(16)13(10)18-11-5-4-9(17)6-8(11)2/h4-7,18,22H,3H2,1-2H3. The number of carbonyl (C=O) groups excluding carboxylic acids is 1. The van der Waals surface area contributed by atoms with Crippen molar-refractivity contribution in [1.82, 2.24) is 4.73 Å². The molecule has 1 aromatic heterocycles. The molecule has 0 saturated heterocycles. The SMILES string of the molecule is CCOC(=O)c1cn(O)c(=O)c(Cl)c1Nc1ccc(F)cc1C. The molecule has 0 spiro atoms. The van der Waals surface area contributed by atoms with Crippen LogP contribution in [-0.2, 0) is 4.74 Å². The number of hydrogen-bond donors (Lipinski definition) is 2. The van der Waals surface area contributed by atoms with E-state index in [2.05, 4.69) is 5.32 Å². The van der Waals surface area contributed by atoms with E-state index in [1.54, 1.807) is 13.8 Å². The number of aromatic nitrogens is 1. The van der Waals surface area contributed by atoms with Gasteiger partial charge in [0.1, 0.15) is 16.4 Å². The summed E-state index contributed by atoms with van der Waals surface area (Å²) in [6.07, 6.45) is 0.910. The monoisotopic (exact) mass is 340 g/mol. The normalized spacial score (nSPS) is 10.4. The molecule has 0 atom stereocenters. The minimum atomic E-state index is -0.901. The van der Waals surface area contributed by atoms with Crippen LogP contribution >= 0.6 is 11.6 Å². The number of ether oxygens (including phenoxy) is 1. The smallest absolute Gasteiger partial charge is 0.341 e. The summed E-state index contributed by atoms with van der Waals surface area (Å²) in [6.45, 7) is 3.37. The Morgan fingerprint density at radius 3 is 2.78 bits per heavy atom. The highest BCUT2D eigenvalue weighted by Crippen LogP contribution is 2.29. The van der Waals surface area contributed by atoms with E-state index in [0.29, 0.717) is 11.3 Å². The van der Waals surface area contributed by atoms with Gasteiger partial charge in [-0.15, -0.1) is 0 Å². The molecule has 2 aromatic rings. The minimum absolute atomic E-state index is 0.0184. The zero-order valence-electron chi connectivity index (χ0n) is 12.4. The lowest BCUT2D eigenvalue weighted by molar-refractivity contribution is 0.0522. The Morgan fingerprint density at radius 2 is 2.17 bits per heavy atom. The number of aryl methyl sites for hydroxylation is 1. The van der Waals surface area contributed by atoms with Crippen molar-refractivity contribution in [2.24, 2.45) is 0 Å². The first kappa shape index (κ1) is 16.8. The second kappa shape index (κ2) is 6.70. The predicted octanol–water partition coefficient (Wildman–Crippen LogP) is 3.11. The van der Waals surface area contributed by atoms with E-state index in [4.69, 9.17) is 16.3 Å². The highest BCUT2D eigenvalue weighted by Gasteiger charge is 2.21. The van der Waals surface area contributed by atoms with Gasteiger partial charge in [-0.05, 0) is 37.6 Å². The van der Waals surface area contributed by atoms with Crippen molar-refractivity contribution in [2.75, 3.05) is 11.9 Å². The van der Waals surface area contributed by atoms with Gasteiger partial charge in [0.25, 0.3) is 0 Å². The number of rotatable bonds is 4. The first-order valence-corrected chi connectivity index (χ1v) is 7.07. The maximum Gasteiger partial charge on any atom is 0.341 e. The first-order valence-electron chi connectivity index (χ1n) is 6.69. The summed E-state index contributed by atoms with van der Waals surface area (Å²) in [5.41, 5.74) is -0.0437. The van der Waals surface area contributed by atoms with Crippen molar-refractivity contribution in [2.45, 2.75) is 13.8 Å². The van der Waals surface area contributed by atoms with Crippen molar-refractivity contribution in [3.05, 3.63) is 56.7 Å². The Kier molecular flexibility index (Phi) is 4.90. The fourth-order valence-electron chi connectivity index (χ4n) is 1.96. The molecule has 23 heavy (non-hydrogen) atoms. The Balaban J connectivity index is 2.57. The summed E-state index contributed by atoms with van der Waals surface area (Å²) in [7, 11) is 0. The van der Waals surface area contributed by atoms with Crippen LogP contribution in [0.5, 0.6) is 0 Å². The number of hydrogen-bond acceptors (Lipinski definition) is 5. The van der Waals surface area contributed by atoms with Gasteiger partial charge >= 0.3 is 11.5 Å². The Hall–Kier alpha value is -2.54. The lowest BCUT2D eigenvalue weighted by atomic mass is 10.1. The number of halogens is 2. The van der Waals surface area contributed by atoms with Crippen LogP contribution in [0.2, 0.25) is 5.02 Å². The third-order valence-corrected chi connectivity index (χ3v) is 3.43. The highest BCUT2D eigenvalue weighted by molar-refractivity contribution is 6.34. The number of anilines is 2. The van der Waals surface area contributed by atoms with Crippen molar-refractivity contribution >= 4 is 28.9 Å². The van der Waals surface area contributed by atoms with Gasteiger partial charge in [0.15, 0.2) is 0 Å². The zero-order valence-corrected chi connectivity index (χ0v) is 13.1. The number of nitrogens with zero attached hydrogens (tertiary/aromatic N) is 1. The maximum absolute atomic E-state index is 13.2. The van der Waals surface area contributed by atoms with Crippen LogP contribution < -0.4 is 10.9 Å². The van der Waals surface area contributed by atoms with Gasteiger partial charge in [0.2, 0.25) is 0 Å². The quantitative estimate of drug-likeness (QED) is 0.660.